The van der Waals surface area contributed by atoms with Gasteiger partial charge in [-0.2, -0.15) is 0 Å². The standard InChI is InChI=1S/C21H23FN4/c22-17-8-10-18(11-9-17)24-19-5-3-13-25(15-19)16-20-6-4-14-26(20)21-7-1-2-12-23-21/h1-2,4,6-12,14,19,24H,3,5,13,15-16H2. The first kappa shape index (κ1) is 16.8. The zero-order valence-corrected chi connectivity index (χ0v) is 14.7. The molecule has 2 aromatic heterocycles. The Kier molecular flexibility index (Phi) is 4.97. The predicted molar refractivity (Wildman–Crippen MR) is 102 cm³/mol. The smallest absolute Gasteiger partial charge is 0.136 e. The Morgan fingerprint density at radius 2 is 1.96 bits per heavy atom. The summed E-state index contributed by atoms with van der Waals surface area (Å²) < 4.78 is 15.2. The predicted octanol–water partition coefficient (Wildman–Crippen LogP) is 4.09. The van der Waals surface area contributed by atoms with E-state index in [9.17, 15) is 4.39 Å². The highest BCUT2D eigenvalue weighted by Crippen LogP contribution is 2.19. The molecule has 1 aliphatic heterocycles. The molecule has 0 spiro atoms. The Hall–Kier alpha value is -2.66. The lowest BCUT2D eigenvalue weighted by atomic mass is 10.0. The molecule has 134 valence electrons. The van der Waals surface area contributed by atoms with Gasteiger partial charge in [-0.05, 0) is 67.9 Å². The van der Waals surface area contributed by atoms with Gasteiger partial charge in [0.1, 0.15) is 11.6 Å². The minimum Gasteiger partial charge on any atom is -0.381 e. The Morgan fingerprint density at radius 1 is 1.08 bits per heavy atom. The Balaban J connectivity index is 1.41. The van der Waals surface area contributed by atoms with Crippen molar-refractivity contribution < 1.29 is 4.39 Å². The van der Waals surface area contributed by atoms with E-state index in [0.29, 0.717) is 6.04 Å². The minimum atomic E-state index is -0.198. The Labute approximate surface area is 153 Å². The average Bonchev–Trinajstić information content (AvgIpc) is 3.13. The van der Waals surface area contributed by atoms with Crippen LogP contribution in [0.2, 0.25) is 0 Å². The molecular formula is C21H23FN4. The van der Waals surface area contributed by atoms with Gasteiger partial charge in [0, 0.05) is 42.9 Å². The van der Waals surface area contributed by atoms with Crippen molar-refractivity contribution in [2.24, 2.45) is 0 Å². The molecule has 1 aromatic carbocycles. The molecule has 0 bridgehead atoms. The number of hydrogen-bond donors (Lipinski definition) is 1. The fraction of sp³-hybridized carbons (Fsp3) is 0.286. The van der Waals surface area contributed by atoms with Gasteiger partial charge in [-0.3, -0.25) is 4.90 Å². The number of hydrogen-bond acceptors (Lipinski definition) is 3. The third kappa shape index (κ3) is 3.94. The highest BCUT2D eigenvalue weighted by molar-refractivity contribution is 5.44. The zero-order chi connectivity index (χ0) is 17.8. The van der Waals surface area contributed by atoms with Crippen molar-refractivity contribution in [1.82, 2.24) is 14.5 Å². The largest absolute Gasteiger partial charge is 0.381 e. The summed E-state index contributed by atoms with van der Waals surface area (Å²) in [4.78, 5) is 6.93. The van der Waals surface area contributed by atoms with Crippen molar-refractivity contribution in [2.75, 3.05) is 18.4 Å². The van der Waals surface area contributed by atoms with Crippen molar-refractivity contribution >= 4 is 5.69 Å². The number of nitrogens with zero attached hydrogens (tertiary/aromatic N) is 3. The maximum atomic E-state index is 13.1. The number of piperidine rings is 1. The molecule has 3 heterocycles. The summed E-state index contributed by atoms with van der Waals surface area (Å²) in [6.45, 7) is 2.96. The molecule has 1 aliphatic rings. The number of aromatic nitrogens is 2. The molecule has 1 N–H and O–H groups in total. The molecule has 1 unspecified atom stereocenters. The molecule has 3 aromatic rings. The van der Waals surface area contributed by atoms with Crippen LogP contribution in [0, 0.1) is 5.82 Å². The lowest BCUT2D eigenvalue weighted by Crippen LogP contribution is -2.41. The topological polar surface area (TPSA) is 33.1 Å². The molecule has 5 heteroatoms. The van der Waals surface area contributed by atoms with Crippen LogP contribution in [0.3, 0.4) is 0 Å². The Bertz CT molecular complexity index is 829. The molecule has 1 atom stereocenters. The highest BCUT2D eigenvalue weighted by Gasteiger charge is 2.21. The summed E-state index contributed by atoms with van der Waals surface area (Å²) in [5, 5.41) is 3.54. The summed E-state index contributed by atoms with van der Waals surface area (Å²) in [7, 11) is 0. The molecule has 0 amide bonds. The van der Waals surface area contributed by atoms with E-state index in [1.807, 2.05) is 24.4 Å². The SMILES string of the molecule is Fc1ccc(NC2CCCN(Cc3cccn3-c3ccccn3)C2)cc1. The number of halogens is 1. The number of benzene rings is 1. The van der Waals surface area contributed by atoms with Crippen molar-refractivity contribution in [3.05, 3.63) is 78.5 Å². The zero-order valence-electron chi connectivity index (χ0n) is 14.7. The van der Waals surface area contributed by atoms with Gasteiger partial charge < -0.3 is 9.88 Å². The normalized spacial score (nSPS) is 18.0. The number of pyridine rings is 1. The van der Waals surface area contributed by atoms with Crippen LogP contribution in [0.25, 0.3) is 5.82 Å². The van der Waals surface area contributed by atoms with Crippen LogP contribution in [-0.4, -0.2) is 33.6 Å². The van der Waals surface area contributed by atoms with E-state index in [2.05, 4.69) is 38.1 Å². The second kappa shape index (κ2) is 7.70. The highest BCUT2D eigenvalue weighted by atomic mass is 19.1. The maximum Gasteiger partial charge on any atom is 0.136 e. The van der Waals surface area contributed by atoms with Crippen molar-refractivity contribution in [2.45, 2.75) is 25.4 Å². The van der Waals surface area contributed by atoms with Crippen molar-refractivity contribution in [1.29, 1.82) is 0 Å². The van der Waals surface area contributed by atoms with Crippen LogP contribution < -0.4 is 5.32 Å². The molecule has 4 nitrogen and oxygen atoms in total. The number of nitrogens with one attached hydrogen (secondary N) is 1. The average molecular weight is 350 g/mol. The molecule has 1 fully saturated rings. The number of rotatable bonds is 5. The third-order valence-electron chi connectivity index (χ3n) is 4.84. The van der Waals surface area contributed by atoms with Crippen molar-refractivity contribution in [3.63, 3.8) is 0 Å². The summed E-state index contributed by atoms with van der Waals surface area (Å²) in [5.74, 6) is 0.751. The van der Waals surface area contributed by atoms with Crippen LogP contribution >= 0.6 is 0 Å². The molecule has 4 rings (SSSR count). The second-order valence-electron chi connectivity index (χ2n) is 6.78. The molecule has 26 heavy (non-hydrogen) atoms. The van der Waals surface area contributed by atoms with Gasteiger partial charge >= 0.3 is 0 Å². The monoisotopic (exact) mass is 350 g/mol. The van der Waals surface area contributed by atoms with E-state index in [-0.39, 0.29) is 5.82 Å². The lowest BCUT2D eigenvalue weighted by molar-refractivity contribution is 0.205. The van der Waals surface area contributed by atoms with Gasteiger partial charge in [-0.25, -0.2) is 9.37 Å². The summed E-state index contributed by atoms with van der Waals surface area (Å²) in [6, 6.07) is 17.2. The van der Waals surface area contributed by atoms with Gasteiger partial charge in [0.15, 0.2) is 0 Å². The number of anilines is 1. The lowest BCUT2D eigenvalue weighted by Gasteiger charge is -2.33. The van der Waals surface area contributed by atoms with Crippen LogP contribution in [0.1, 0.15) is 18.5 Å². The molecule has 1 saturated heterocycles. The molecule has 0 saturated carbocycles. The first-order chi connectivity index (χ1) is 12.8. The summed E-state index contributed by atoms with van der Waals surface area (Å²) in [6.07, 6.45) is 6.18. The first-order valence-corrected chi connectivity index (χ1v) is 9.10. The van der Waals surface area contributed by atoms with Crippen LogP contribution in [0.15, 0.2) is 67.0 Å². The minimum absolute atomic E-state index is 0.198. The fourth-order valence-electron chi connectivity index (χ4n) is 3.59. The first-order valence-electron chi connectivity index (χ1n) is 9.10. The molecule has 0 aliphatic carbocycles. The van der Waals surface area contributed by atoms with Gasteiger partial charge in [0.05, 0.1) is 0 Å². The van der Waals surface area contributed by atoms with Gasteiger partial charge in [-0.15, -0.1) is 0 Å². The molecule has 0 radical (unpaired) electrons. The Morgan fingerprint density at radius 3 is 2.77 bits per heavy atom. The van der Waals surface area contributed by atoms with Gasteiger partial charge in [-0.1, -0.05) is 6.07 Å². The van der Waals surface area contributed by atoms with Crippen LogP contribution in [0.5, 0.6) is 0 Å². The summed E-state index contributed by atoms with van der Waals surface area (Å²) >= 11 is 0. The quantitative estimate of drug-likeness (QED) is 0.752. The molecular weight excluding hydrogens is 327 g/mol. The van der Waals surface area contributed by atoms with E-state index in [1.54, 1.807) is 12.1 Å². The fourth-order valence-corrected chi connectivity index (χ4v) is 3.59. The summed E-state index contributed by atoms with van der Waals surface area (Å²) in [5.41, 5.74) is 2.22. The van der Waals surface area contributed by atoms with Gasteiger partial charge in [0.2, 0.25) is 0 Å². The van der Waals surface area contributed by atoms with Crippen LogP contribution in [0.4, 0.5) is 10.1 Å². The van der Waals surface area contributed by atoms with Crippen LogP contribution in [-0.2, 0) is 6.54 Å². The van der Waals surface area contributed by atoms with E-state index in [4.69, 9.17) is 0 Å². The number of likely N-dealkylation sites (tertiary alicyclic amines) is 1. The maximum absolute atomic E-state index is 13.1. The van der Waals surface area contributed by atoms with E-state index < -0.39 is 0 Å². The van der Waals surface area contributed by atoms with E-state index in [1.165, 1.54) is 17.8 Å². The van der Waals surface area contributed by atoms with Crippen molar-refractivity contribution in [3.8, 4) is 5.82 Å². The van der Waals surface area contributed by atoms with E-state index in [0.717, 1.165) is 44.0 Å². The van der Waals surface area contributed by atoms with E-state index >= 15 is 0 Å². The van der Waals surface area contributed by atoms with Gasteiger partial charge in [0.25, 0.3) is 0 Å². The second-order valence-corrected chi connectivity index (χ2v) is 6.78. The third-order valence-corrected chi connectivity index (χ3v) is 4.84.